The zero-order valence-electron chi connectivity index (χ0n) is 20.4. The highest BCUT2D eigenvalue weighted by molar-refractivity contribution is 5.72. The van der Waals surface area contributed by atoms with E-state index in [2.05, 4.69) is 0 Å². The third kappa shape index (κ3) is 9.54. The van der Waals surface area contributed by atoms with Gasteiger partial charge < -0.3 is 47.4 Å². The Morgan fingerprint density at radius 3 is 1.14 bits per heavy atom. The van der Waals surface area contributed by atoms with Crippen molar-refractivity contribution in [2.24, 2.45) is 0 Å². The van der Waals surface area contributed by atoms with Gasteiger partial charge in [-0.15, -0.1) is 0 Å². The van der Waals surface area contributed by atoms with Crippen molar-refractivity contribution in [3.63, 3.8) is 0 Å². The Kier molecular flexibility index (Phi) is 9.33. The Labute approximate surface area is 204 Å². The van der Waals surface area contributed by atoms with Crippen molar-refractivity contribution >= 4 is 11.9 Å². The number of carbonyl (C=O) groups excluding carboxylic acids is 2. The molecule has 0 aliphatic carbocycles. The normalized spacial score (nSPS) is 29.5. The lowest BCUT2D eigenvalue weighted by Gasteiger charge is -2.32. The Morgan fingerprint density at radius 1 is 0.629 bits per heavy atom. The number of hydrogen-bond acceptors (Lipinski definition) is 12. The summed E-state index contributed by atoms with van der Waals surface area (Å²) in [5.74, 6) is -4.10. The predicted molar refractivity (Wildman–Crippen MR) is 115 cm³/mol. The molecule has 12 heteroatoms. The van der Waals surface area contributed by atoms with Crippen LogP contribution < -0.4 is 0 Å². The summed E-state index contributed by atoms with van der Waals surface area (Å²) in [4.78, 5) is 25.1. The van der Waals surface area contributed by atoms with Gasteiger partial charge in [0, 0.05) is 25.7 Å². The molecule has 12 nitrogen and oxygen atoms in total. The SMILES string of the molecule is CCC(OCC1CO1)(OCC1CO1)OC(=O)CCCC(=O)OC(CC)(OCC1CO1)OCC1CO1. The van der Waals surface area contributed by atoms with E-state index in [4.69, 9.17) is 47.4 Å². The molecule has 0 amide bonds. The van der Waals surface area contributed by atoms with Gasteiger partial charge in [-0.1, -0.05) is 13.8 Å². The summed E-state index contributed by atoms with van der Waals surface area (Å²) in [6, 6.07) is 0. The van der Waals surface area contributed by atoms with Crippen molar-refractivity contribution in [1.82, 2.24) is 0 Å². The van der Waals surface area contributed by atoms with E-state index in [1.54, 1.807) is 13.8 Å². The minimum absolute atomic E-state index is 0.0172. The van der Waals surface area contributed by atoms with Crippen LogP contribution in [0.5, 0.6) is 0 Å². The van der Waals surface area contributed by atoms with Gasteiger partial charge in [-0.2, -0.15) is 0 Å². The zero-order valence-corrected chi connectivity index (χ0v) is 20.4. The maximum atomic E-state index is 12.6. The molecule has 4 unspecified atom stereocenters. The van der Waals surface area contributed by atoms with Crippen molar-refractivity contribution < 1.29 is 57.0 Å². The Hall–Kier alpha value is -1.38. The average Bonchev–Trinajstić information content (AvgIpc) is 3.68. The first-order valence-electron chi connectivity index (χ1n) is 12.4. The topological polar surface area (TPSA) is 140 Å². The number of ether oxygens (including phenoxy) is 10. The molecule has 4 aliphatic rings. The standard InChI is InChI=1S/C23H36O12/c1-3-22(30-12-16-8-26-16,31-13-17-9-27-17)34-20(24)6-5-7-21(25)35-23(4-2,32-14-18-10-28-18)33-15-19-11-29-19/h16-19H,3-15H2,1-2H3. The first kappa shape index (κ1) is 26.7. The lowest BCUT2D eigenvalue weighted by atomic mass is 10.2. The van der Waals surface area contributed by atoms with Gasteiger partial charge in [0.2, 0.25) is 0 Å². The molecule has 0 N–H and O–H groups in total. The molecule has 200 valence electrons. The molecule has 35 heavy (non-hydrogen) atoms. The summed E-state index contributed by atoms with van der Waals surface area (Å²) in [7, 11) is 0. The molecule has 0 aromatic carbocycles. The smallest absolute Gasteiger partial charge is 0.329 e. The van der Waals surface area contributed by atoms with Gasteiger partial charge in [-0.05, 0) is 6.42 Å². The molecular weight excluding hydrogens is 468 g/mol. The lowest BCUT2D eigenvalue weighted by Crippen LogP contribution is -2.43. The monoisotopic (exact) mass is 504 g/mol. The van der Waals surface area contributed by atoms with Gasteiger partial charge in [0.1, 0.15) is 24.4 Å². The van der Waals surface area contributed by atoms with E-state index in [0.717, 1.165) is 0 Å². The average molecular weight is 505 g/mol. The minimum atomic E-state index is -1.51. The van der Waals surface area contributed by atoms with Crippen LogP contribution in [-0.2, 0) is 57.0 Å². The van der Waals surface area contributed by atoms with E-state index in [1.807, 2.05) is 0 Å². The van der Waals surface area contributed by atoms with Gasteiger partial charge >= 0.3 is 23.9 Å². The van der Waals surface area contributed by atoms with Crippen molar-refractivity contribution in [2.45, 2.75) is 82.3 Å². The highest BCUT2D eigenvalue weighted by atomic mass is 16.9. The second kappa shape index (κ2) is 12.2. The first-order chi connectivity index (χ1) is 16.9. The number of carbonyl (C=O) groups is 2. The van der Waals surface area contributed by atoms with Crippen molar-refractivity contribution in [2.75, 3.05) is 52.9 Å². The molecule has 4 atom stereocenters. The van der Waals surface area contributed by atoms with Gasteiger partial charge in [-0.25, -0.2) is 0 Å². The number of esters is 2. The molecule has 4 rings (SSSR count). The highest BCUT2D eigenvalue weighted by Gasteiger charge is 2.41. The molecule has 4 saturated heterocycles. The van der Waals surface area contributed by atoms with Crippen LogP contribution in [-0.4, -0.2) is 101 Å². The molecule has 4 heterocycles. The van der Waals surface area contributed by atoms with Crippen molar-refractivity contribution in [1.29, 1.82) is 0 Å². The van der Waals surface area contributed by atoms with Crippen LogP contribution in [0.3, 0.4) is 0 Å². The summed E-state index contributed by atoms with van der Waals surface area (Å²) in [6.45, 7) is 7.07. The van der Waals surface area contributed by atoms with Crippen LogP contribution in [0.1, 0.15) is 46.0 Å². The number of rotatable bonds is 20. The third-order valence-corrected chi connectivity index (χ3v) is 5.73. The summed E-state index contributed by atoms with van der Waals surface area (Å²) < 4.78 is 54.9. The van der Waals surface area contributed by atoms with E-state index in [-0.39, 0.29) is 70.1 Å². The molecule has 0 aromatic rings. The fraction of sp³-hybridized carbons (Fsp3) is 0.913. The molecule has 4 aliphatic heterocycles. The van der Waals surface area contributed by atoms with Crippen LogP contribution in [0, 0.1) is 0 Å². The minimum Gasteiger partial charge on any atom is -0.408 e. The van der Waals surface area contributed by atoms with E-state index < -0.39 is 23.9 Å². The molecule has 0 aromatic heterocycles. The van der Waals surface area contributed by atoms with Crippen LogP contribution in [0.25, 0.3) is 0 Å². The van der Waals surface area contributed by atoms with E-state index >= 15 is 0 Å². The zero-order chi connectivity index (χ0) is 24.7. The molecule has 0 bridgehead atoms. The first-order valence-corrected chi connectivity index (χ1v) is 12.4. The lowest BCUT2D eigenvalue weighted by molar-refractivity contribution is -0.365. The van der Waals surface area contributed by atoms with Crippen molar-refractivity contribution in [3.8, 4) is 0 Å². The van der Waals surface area contributed by atoms with Gasteiger partial charge in [0.15, 0.2) is 0 Å². The molecule has 4 fully saturated rings. The number of epoxide rings is 4. The Morgan fingerprint density at radius 2 is 0.914 bits per heavy atom. The van der Waals surface area contributed by atoms with E-state index in [0.29, 0.717) is 39.3 Å². The van der Waals surface area contributed by atoms with Gasteiger partial charge in [0.05, 0.1) is 52.9 Å². The fourth-order valence-electron chi connectivity index (χ4n) is 3.12. The molecular formula is C23H36O12. The summed E-state index contributed by atoms with van der Waals surface area (Å²) >= 11 is 0. The quantitative estimate of drug-likeness (QED) is 0.133. The van der Waals surface area contributed by atoms with E-state index in [9.17, 15) is 9.59 Å². The summed E-state index contributed by atoms with van der Waals surface area (Å²) in [5, 5.41) is 0. The van der Waals surface area contributed by atoms with Crippen LogP contribution >= 0.6 is 0 Å². The largest absolute Gasteiger partial charge is 0.408 e. The maximum Gasteiger partial charge on any atom is 0.329 e. The second-order valence-corrected chi connectivity index (χ2v) is 8.94. The summed E-state index contributed by atoms with van der Waals surface area (Å²) in [5.41, 5.74) is 0. The molecule has 0 saturated carbocycles. The second-order valence-electron chi connectivity index (χ2n) is 8.94. The van der Waals surface area contributed by atoms with Gasteiger partial charge in [-0.3, -0.25) is 9.59 Å². The number of hydrogen-bond donors (Lipinski definition) is 0. The molecule has 0 spiro atoms. The third-order valence-electron chi connectivity index (χ3n) is 5.73. The predicted octanol–water partition coefficient (Wildman–Crippen LogP) is 1.03. The Balaban J connectivity index is 1.21. The van der Waals surface area contributed by atoms with Crippen molar-refractivity contribution in [3.05, 3.63) is 0 Å². The van der Waals surface area contributed by atoms with Crippen LogP contribution in [0.4, 0.5) is 0 Å². The Bertz CT molecular complexity index is 609. The molecule has 0 radical (unpaired) electrons. The van der Waals surface area contributed by atoms with Crippen LogP contribution in [0.15, 0.2) is 0 Å². The van der Waals surface area contributed by atoms with Crippen LogP contribution in [0.2, 0.25) is 0 Å². The highest BCUT2D eigenvalue weighted by Crippen LogP contribution is 2.27. The maximum absolute atomic E-state index is 12.6. The van der Waals surface area contributed by atoms with Gasteiger partial charge in [0.25, 0.3) is 0 Å². The van der Waals surface area contributed by atoms with E-state index in [1.165, 1.54) is 0 Å². The summed E-state index contributed by atoms with van der Waals surface area (Å²) in [6.07, 6.45) is 0.700. The fourth-order valence-corrected chi connectivity index (χ4v) is 3.12.